The summed E-state index contributed by atoms with van der Waals surface area (Å²) in [5.74, 6) is 0.326. The van der Waals surface area contributed by atoms with E-state index in [0.717, 1.165) is 41.2 Å². The summed E-state index contributed by atoms with van der Waals surface area (Å²) in [6, 6.07) is 47.2. The molecule has 1 aromatic heterocycles. The molecule has 52 heavy (non-hydrogen) atoms. The third kappa shape index (κ3) is 4.85. The highest BCUT2D eigenvalue weighted by molar-refractivity contribution is 6.06. The summed E-state index contributed by atoms with van der Waals surface area (Å²) in [4.78, 5) is 2.51. The fourth-order valence-corrected chi connectivity index (χ4v) is 9.06. The van der Waals surface area contributed by atoms with Crippen molar-refractivity contribution in [1.82, 2.24) is 0 Å². The molecule has 1 heterocycles. The molecule has 0 saturated carbocycles. The lowest BCUT2D eigenvalue weighted by Crippen LogP contribution is -2.22. The molecule has 3 aliphatic carbocycles. The molecular weight excluding hydrogens is 631 g/mol. The Kier molecular flexibility index (Phi) is 7.05. The zero-order valence-electron chi connectivity index (χ0n) is 30.0. The highest BCUT2D eigenvalue weighted by Crippen LogP contribution is 2.51. The first-order valence-electron chi connectivity index (χ1n) is 18.7. The van der Waals surface area contributed by atoms with Crippen molar-refractivity contribution < 1.29 is 4.42 Å². The number of hydrogen-bond donors (Lipinski definition) is 0. The topological polar surface area (TPSA) is 16.4 Å². The van der Waals surface area contributed by atoms with E-state index < -0.39 is 0 Å². The van der Waals surface area contributed by atoms with Crippen LogP contribution in [0.2, 0.25) is 0 Å². The lowest BCUT2D eigenvalue weighted by molar-refractivity contribution is 0.660. The van der Waals surface area contributed by atoms with Crippen LogP contribution in [0.4, 0.5) is 11.4 Å². The van der Waals surface area contributed by atoms with E-state index in [2.05, 4.69) is 165 Å². The second-order valence-corrected chi connectivity index (χ2v) is 15.2. The first-order chi connectivity index (χ1) is 25.5. The number of aryl methyl sites for hydroxylation is 1. The van der Waals surface area contributed by atoms with Gasteiger partial charge in [-0.25, -0.2) is 0 Å². The minimum atomic E-state index is -0.0853. The Balaban J connectivity index is 1.08. The van der Waals surface area contributed by atoms with E-state index in [1.54, 1.807) is 0 Å². The van der Waals surface area contributed by atoms with E-state index in [9.17, 15) is 0 Å². The van der Waals surface area contributed by atoms with Crippen LogP contribution < -0.4 is 4.90 Å². The number of furan rings is 1. The van der Waals surface area contributed by atoms with Gasteiger partial charge in [0.15, 0.2) is 0 Å². The van der Waals surface area contributed by atoms with Crippen molar-refractivity contribution in [2.45, 2.75) is 51.4 Å². The average Bonchev–Trinajstić information content (AvgIpc) is 3.66. The molecule has 1 atom stereocenters. The lowest BCUT2D eigenvalue weighted by Gasteiger charge is -2.35. The summed E-state index contributed by atoms with van der Waals surface area (Å²) in [5.41, 5.74) is 18.9. The van der Waals surface area contributed by atoms with Gasteiger partial charge in [-0.3, -0.25) is 0 Å². The van der Waals surface area contributed by atoms with E-state index in [0.29, 0.717) is 5.92 Å². The average molecular weight is 672 g/mol. The van der Waals surface area contributed by atoms with Gasteiger partial charge in [-0.15, -0.1) is 0 Å². The molecule has 10 rings (SSSR count). The third-order valence-corrected chi connectivity index (χ3v) is 11.8. The Morgan fingerprint density at radius 1 is 0.654 bits per heavy atom. The van der Waals surface area contributed by atoms with Gasteiger partial charge >= 0.3 is 0 Å². The number of allylic oxidation sites excluding steroid dienone is 5. The molecule has 0 amide bonds. The van der Waals surface area contributed by atoms with Crippen molar-refractivity contribution in [3.63, 3.8) is 0 Å². The zero-order valence-corrected chi connectivity index (χ0v) is 30.0. The predicted octanol–water partition coefficient (Wildman–Crippen LogP) is 13.7. The standard InChI is InChI=1S/C50H41NO/c1-4-9-32-14-26-46-44(28-32)41-25-24-39(31-47(41)50(46,2)3)51(38-23-19-35-16-15-34-10-5-6-11-40(34)43(35)30-38)37-21-17-33(18-22-37)36-20-27-49-45(29-36)42-12-7-8-13-48(42)52-49/h5-8,10-29,31,43H,4,9,30H2,1-3H3. The van der Waals surface area contributed by atoms with Crippen molar-refractivity contribution in [1.29, 1.82) is 0 Å². The van der Waals surface area contributed by atoms with Gasteiger partial charge in [0.05, 0.1) is 0 Å². The molecule has 1 unspecified atom stereocenters. The number of rotatable bonds is 6. The zero-order chi connectivity index (χ0) is 35.0. The van der Waals surface area contributed by atoms with Crippen molar-refractivity contribution in [3.8, 4) is 22.3 Å². The first kappa shape index (κ1) is 30.9. The molecule has 252 valence electrons. The summed E-state index contributed by atoms with van der Waals surface area (Å²) in [5, 5.41) is 2.31. The quantitative estimate of drug-likeness (QED) is 0.175. The maximum Gasteiger partial charge on any atom is 0.135 e. The van der Waals surface area contributed by atoms with Gasteiger partial charge in [-0.1, -0.05) is 130 Å². The van der Waals surface area contributed by atoms with Crippen LogP contribution in [0.5, 0.6) is 0 Å². The number of nitrogens with zero attached hydrogens (tertiary/aromatic N) is 1. The smallest absolute Gasteiger partial charge is 0.135 e. The molecular formula is C50H41NO. The Bertz CT molecular complexity index is 2640. The highest BCUT2D eigenvalue weighted by Gasteiger charge is 2.36. The van der Waals surface area contributed by atoms with Crippen molar-refractivity contribution >= 4 is 39.4 Å². The molecule has 0 fully saturated rings. The summed E-state index contributed by atoms with van der Waals surface area (Å²) in [6.45, 7) is 7.04. The van der Waals surface area contributed by atoms with Gasteiger partial charge in [0.2, 0.25) is 0 Å². The number of hydrogen-bond acceptors (Lipinski definition) is 2. The fraction of sp³-hybridized carbons (Fsp3) is 0.160. The Morgan fingerprint density at radius 3 is 2.33 bits per heavy atom. The normalized spacial score (nSPS) is 16.6. The van der Waals surface area contributed by atoms with Crippen molar-refractivity contribution in [3.05, 3.63) is 185 Å². The van der Waals surface area contributed by atoms with Gasteiger partial charge in [0.25, 0.3) is 0 Å². The SMILES string of the molecule is CCCc1ccc2c(c1)-c1ccc(N(C3=CC=C4C=Cc5ccccc5C4C3)c3ccc(-c4ccc5oc6ccccc6c5c4)cc3)cc1C2(C)C. The van der Waals surface area contributed by atoms with Crippen molar-refractivity contribution in [2.75, 3.05) is 4.90 Å². The minimum absolute atomic E-state index is 0.0853. The van der Waals surface area contributed by atoms with Gasteiger partial charge in [0, 0.05) is 39.2 Å². The molecule has 0 N–H and O–H groups in total. The third-order valence-electron chi connectivity index (χ3n) is 11.8. The predicted molar refractivity (Wildman–Crippen MR) is 218 cm³/mol. The van der Waals surface area contributed by atoms with Gasteiger partial charge in [0.1, 0.15) is 11.2 Å². The van der Waals surface area contributed by atoms with E-state index >= 15 is 0 Å². The van der Waals surface area contributed by atoms with Gasteiger partial charge < -0.3 is 9.32 Å². The first-order valence-corrected chi connectivity index (χ1v) is 18.7. The molecule has 0 bridgehead atoms. The van der Waals surface area contributed by atoms with Crippen LogP contribution >= 0.6 is 0 Å². The monoisotopic (exact) mass is 671 g/mol. The molecule has 0 radical (unpaired) electrons. The number of benzene rings is 6. The maximum atomic E-state index is 6.13. The number of anilines is 2. The summed E-state index contributed by atoms with van der Waals surface area (Å²) in [6.07, 6.45) is 12.5. The van der Waals surface area contributed by atoms with Crippen LogP contribution in [0.25, 0.3) is 50.3 Å². The molecule has 2 heteroatoms. The van der Waals surface area contributed by atoms with Crippen molar-refractivity contribution in [2.24, 2.45) is 0 Å². The summed E-state index contributed by atoms with van der Waals surface area (Å²) < 4.78 is 6.13. The highest BCUT2D eigenvalue weighted by atomic mass is 16.3. The summed E-state index contributed by atoms with van der Waals surface area (Å²) in [7, 11) is 0. The molecule has 2 nitrogen and oxygen atoms in total. The lowest BCUT2D eigenvalue weighted by atomic mass is 9.78. The number of para-hydroxylation sites is 1. The molecule has 0 aliphatic heterocycles. The summed E-state index contributed by atoms with van der Waals surface area (Å²) >= 11 is 0. The van der Waals surface area contributed by atoms with Crippen LogP contribution in [0, 0.1) is 0 Å². The van der Waals surface area contributed by atoms with E-state index in [1.165, 1.54) is 72.7 Å². The van der Waals surface area contributed by atoms with E-state index in [-0.39, 0.29) is 5.41 Å². The Labute approximate surface area is 306 Å². The van der Waals surface area contributed by atoms with Gasteiger partial charge in [-0.2, -0.15) is 0 Å². The van der Waals surface area contributed by atoms with E-state index in [4.69, 9.17) is 4.42 Å². The maximum absolute atomic E-state index is 6.13. The van der Waals surface area contributed by atoms with E-state index in [1.807, 2.05) is 12.1 Å². The Hall–Kier alpha value is -5.86. The molecule has 7 aromatic rings. The fourth-order valence-electron chi connectivity index (χ4n) is 9.06. The van der Waals surface area contributed by atoms with Crippen LogP contribution in [0.15, 0.2) is 161 Å². The minimum Gasteiger partial charge on any atom is -0.456 e. The largest absolute Gasteiger partial charge is 0.456 e. The Morgan fingerprint density at radius 2 is 1.44 bits per heavy atom. The van der Waals surface area contributed by atoms with Gasteiger partial charge in [-0.05, 0) is 117 Å². The second kappa shape index (κ2) is 11.9. The molecule has 0 spiro atoms. The molecule has 0 saturated heterocycles. The second-order valence-electron chi connectivity index (χ2n) is 15.2. The number of fused-ring (bicyclic) bond motifs is 9. The van der Waals surface area contributed by atoms with Crippen LogP contribution in [0.3, 0.4) is 0 Å². The molecule has 3 aliphatic rings. The van der Waals surface area contributed by atoms with Crippen LogP contribution in [-0.2, 0) is 11.8 Å². The molecule has 6 aromatic carbocycles. The van der Waals surface area contributed by atoms with Crippen LogP contribution in [-0.4, -0.2) is 0 Å². The van der Waals surface area contributed by atoms with Crippen LogP contribution in [0.1, 0.15) is 67.3 Å².